The molecule has 1 heterocycles. The molecule has 22 heavy (non-hydrogen) atoms. The Bertz CT molecular complexity index is 680. The van der Waals surface area contributed by atoms with Crippen LogP contribution in [0.3, 0.4) is 0 Å². The maximum Gasteiger partial charge on any atom is 0.271 e. The van der Waals surface area contributed by atoms with Crippen LogP contribution in [0.4, 0.5) is 0 Å². The molecule has 2 aromatic rings. The van der Waals surface area contributed by atoms with Crippen molar-refractivity contribution in [3.05, 3.63) is 46.2 Å². The van der Waals surface area contributed by atoms with Gasteiger partial charge >= 0.3 is 0 Å². The quantitative estimate of drug-likeness (QED) is 0.798. The minimum Gasteiger partial charge on any atom is -0.497 e. The molecule has 1 aromatic heterocycles. The number of hydrogen-bond acceptors (Lipinski definition) is 4. The van der Waals surface area contributed by atoms with Crippen LogP contribution in [0.5, 0.6) is 5.75 Å². The van der Waals surface area contributed by atoms with E-state index in [9.17, 15) is 4.79 Å². The Hall–Kier alpha value is -2.14. The van der Waals surface area contributed by atoms with Gasteiger partial charge in [0.15, 0.2) is 0 Å². The Morgan fingerprint density at radius 1 is 1.27 bits per heavy atom. The summed E-state index contributed by atoms with van der Waals surface area (Å²) in [5, 5.41) is 7.73. The normalized spacial score (nSPS) is 10.7. The smallest absolute Gasteiger partial charge is 0.271 e. The Kier molecular flexibility index (Phi) is 5.72. The lowest BCUT2D eigenvalue weighted by Crippen LogP contribution is -2.29. The van der Waals surface area contributed by atoms with Crippen LogP contribution in [-0.2, 0) is 13.1 Å². The first-order valence-corrected chi connectivity index (χ1v) is 7.65. The third-order valence-corrected chi connectivity index (χ3v) is 3.46. The third-order valence-electron chi connectivity index (χ3n) is 3.46. The summed E-state index contributed by atoms with van der Waals surface area (Å²) in [7, 11) is 1.64. The highest BCUT2D eigenvalue weighted by molar-refractivity contribution is 5.61. The van der Waals surface area contributed by atoms with Crippen LogP contribution in [-0.4, -0.2) is 23.4 Å². The van der Waals surface area contributed by atoms with Crippen molar-refractivity contribution in [3.8, 4) is 17.0 Å². The van der Waals surface area contributed by atoms with Crippen molar-refractivity contribution >= 4 is 0 Å². The average molecular weight is 301 g/mol. The van der Waals surface area contributed by atoms with E-state index in [-0.39, 0.29) is 5.56 Å². The van der Waals surface area contributed by atoms with E-state index in [0.717, 1.165) is 35.5 Å². The van der Waals surface area contributed by atoms with Crippen LogP contribution in [0.15, 0.2) is 35.1 Å². The lowest BCUT2D eigenvalue weighted by atomic mass is 10.1. The van der Waals surface area contributed by atoms with Crippen LogP contribution in [0, 0.1) is 0 Å². The number of rotatable bonds is 7. The fourth-order valence-corrected chi connectivity index (χ4v) is 2.26. The molecular weight excluding hydrogens is 278 g/mol. The second-order valence-corrected chi connectivity index (χ2v) is 5.08. The largest absolute Gasteiger partial charge is 0.497 e. The summed E-state index contributed by atoms with van der Waals surface area (Å²) in [5.41, 5.74) is 2.44. The SMILES string of the molecule is CCCNCc1cc(-c2cccc(OC)c2)nn(CC)c1=O. The molecule has 0 saturated heterocycles. The summed E-state index contributed by atoms with van der Waals surface area (Å²) in [5.74, 6) is 0.777. The third kappa shape index (κ3) is 3.74. The van der Waals surface area contributed by atoms with Gasteiger partial charge in [-0.05, 0) is 38.1 Å². The van der Waals surface area contributed by atoms with Gasteiger partial charge in [0.05, 0.1) is 12.8 Å². The molecule has 2 rings (SSSR count). The fourth-order valence-electron chi connectivity index (χ4n) is 2.26. The Labute approximate surface area is 130 Å². The number of benzene rings is 1. The van der Waals surface area contributed by atoms with Crippen molar-refractivity contribution in [3.63, 3.8) is 0 Å². The molecule has 0 fully saturated rings. The number of nitrogens with one attached hydrogen (secondary N) is 1. The van der Waals surface area contributed by atoms with Crippen molar-refractivity contribution in [2.24, 2.45) is 0 Å². The first-order chi connectivity index (χ1) is 10.7. The average Bonchev–Trinajstić information content (AvgIpc) is 2.56. The zero-order chi connectivity index (χ0) is 15.9. The van der Waals surface area contributed by atoms with Gasteiger partial charge < -0.3 is 10.1 Å². The van der Waals surface area contributed by atoms with E-state index in [4.69, 9.17) is 4.74 Å². The highest BCUT2D eigenvalue weighted by Crippen LogP contribution is 2.21. The minimum atomic E-state index is -0.0299. The predicted octanol–water partition coefficient (Wildman–Crippen LogP) is 2.44. The lowest BCUT2D eigenvalue weighted by Gasteiger charge is -2.10. The van der Waals surface area contributed by atoms with Crippen LogP contribution in [0.1, 0.15) is 25.8 Å². The predicted molar refractivity (Wildman–Crippen MR) is 88.2 cm³/mol. The van der Waals surface area contributed by atoms with E-state index in [1.807, 2.05) is 37.3 Å². The molecule has 0 amide bonds. The van der Waals surface area contributed by atoms with E-state index in [1.165, 1.54) is 4.68 Å². The number of aromatic nitrogens is 2. The molecule has 0 saturated carbocycles. The summed E-state index contributed by atoms with van der Waals surface area (Å²) >= 11 is 0. The molecule has 0 bridgehead atoms. The molecule has 0 spiro atoms. The Morgan fingerprint density at radius 3 is 2.77 bits per heavy atom. The fraction of sp³-hybridized carbons (Fsp3) is 0.412. The van der Waals surface area contributed by atoms with Crippen LogP contribution >= 0.6 is 0 Å². The molecule has 1 N–H and O–H groups in total. The minimum absolute atomic E-state index is 0.0299. The van der Waals surface area contributed by atoms with Gasteiger partial charge in [-0.25, -0.2) is 4.68 Å². The zero-order valence-corrected chi connectivity index (χ0v) is 13.4. The van der Waals surface area contributed by atoms with E-state index in [1.54, 1.807) is 7.11 Å². The molecule has 5 nitrogen and oxygen atoms in total. The number of methoxy groups -OCH3 is 1. The highest BCUT2D eigenvalue weighted by atomic mass is 16.5. The lowest BCUT2D eigenvalue weighted by molar-refractivity contribution is 0.415. The summed E-state index contributed by atoms with van der Waals surface area (Å²) in [6, 6.07) is 9.58. The van der Waals surface area contributed by atoms with Crippen molar-refractivity contribution in [1.29, 1.82) is 0 Å². The second kappa shape index (κ2) is 7.75. The summed E-state index contributed by atoms with van der Waals surface area (Å²) in [6.07, 6.45) is 1.04. The van der Waals surface area contributed by atoms with Crippen LogP contribution in [0.2, 0.25) is 0 Å². The van der Waals surface area contributed by atoms with Gasteiger partial charge in [-0.1, -0.05) is 19.1 Å². The molecular formula is C17H23N3O2. The van der Waals surface area contributed by atoms with Crippen LogP contribution in [0.25, 0.3) is 11.3 Å². The monoisotopic (exact) mass is 301 g/mol. The molecule has 0 aliphatic rings. The molecule has 118 valence electrons. The van der Waals surface area contributed by atoms with Gasteiger partial charge in [-0.3, -0.25) is 4.79 Å². The number of hydrogen-bond donors (Lipinski definition) is 1. The van der Waals surface area contributed by atoms with Crippen LogP contribution < -0.4 is 15.6 Å². The topological polar surface area (TPSA) is 56.1 Å². The summed E-state index contributed by atoms with van der Waals surface area (Å²) in [4.78, 5) is 12.3. The zero-order valence-electron chi connectivity index (χ0n) is 13.4. The Balaban J connectivity index is 2.42. The van der Waals surface area contributed by atoms with E-state index in [2.05, 4.69) is 17.3 Å². The Morgan fingerprint density at radius 2 is 2.09 bits per heavy atom. The first kappa shape index (κ1) is 16.2. The van der Waals surface area contributed by atoms with Crippen molar-refractivity contribution < 1.29 is 4.74 Å². The summed E-state index contributed by atoms with van der Waals surface area (Å²) in [6.45, 7) is 6.03. The van der Waals surface area contributed by atoms with E-state index >= 15 is 0 Å². The van der Waals surface area contributed by atoms with Gasteiger partial charge in [0.25, 0.3) is 5.56 Å². The number of nitrogens with zero attached hydrogens (tertiary/aromatic N) is 2. The van der Waals surface area contributed by atoms with Gasteiger partial charge in [0.1, 0.15) is 5.75 Å². The molecule has 5 heteroatoms. The molecule has 0 radical (unpaired) electrons. The standard InChI is InChI=1S/C17H23N3O2/c1-4-9-18-12-14-11-16(19-20(5-2)17(14)21)13-7-6-8-15(10-13)22-3/h6-8,10-11,18H,4-5,9,12H2,1-3H3. The van der Waals surface area contributed by atoms with Gasteiger partial charge in [-0.15, -0.1) is 0 Å². The number of aryl methyl sites for hydroxylation is 1. The van der Waals surface area contributed by atoms with Gasteiger partial charge in [0.2, 0.25) is 0 Å². The maximum atomic E-state index is 12.3. The molecule has 0 aliphatic carbocycles. The van der Waals surface area contributed by atoms with Gasteiger partial charge in [0, 0.05) is 24.2 Å². The first-order valence-electron chi connectivity index (χ1n) is 7.65. The maximum absolute atomic E-state index is 12.3. The second-order valence-electron chi connectivity index (χ2n) is 5.08. The van der Waals surface area contributed by atoms with Crippen molar-refractivity contribution in [1.82, 2.24) is 15.1 Å². The molecule has 1 aromatic carbocycles. The van der Waals surface area contributed by atoms with Crippen molar-refractivity contribution in [2.45, 2.75) is 33.4 Å². The van der Waals surface area contributed by atoms with E-state index in [0.29, 0.717) is 13.1 Å². The van der Waals surface area contributed by atoms with Crippen molar-refractivity contribution in [2.75, 3.05) is 13.7 Å². The molecule has 0 atom stereocenters. The number of ether oxygens (including phenoxy) is 1. The van der Waals surface area contributed by atoms with E-state index < -0.39 is 0 Å². The molecule has 0 aliphatic heterocycles. The summed E-state index contributed by atoms with van der Waals surface area (Å²) < 4.78 is 6.77. The van der Waals surface area contributed by atoms with Gasteiger partial charge in [-0.2, -0.15) is 5.10 Å². The molecule has 0 unspecified atom stereocenters. The highest BCUT2D eigenvalue weighted by Gasteiger charge is 2.09.